The molecule has 0 spiro atoms. The number of nitro groups is 1. The minimum Gasteiger partial charge on any atom is -0.493 e. The number of aliphatic hydroxyl groups excluding tert-OH is 1. The van der Waals surface area contributed by atoms with Gasteiger partial charge in [-0.1, -0.05) is 12.1 Å². The largest absolute Gasteiger partial charge is 0.493 e. The first-order valence-electron chi connectivity index (χ1n) is 8.63. The third-order valence-corrected chi connectivity index (χ3v) is 4.36. The molecule has 28 heavy (non-hydrogen) atoms. The summed E-state index contributed by atoms with van der Waals surface area (Å²) in [4.78, 5) is 34.5. The van der Waals surface area contributed by atoms with E-state index in [1.54, 1.807) is 31.2 Å². The second-order valence-corrected chi connectivity index (χ2v) is 6.42. The third-order valence-electron chi connectivity index (χ3n) is 4.36. The molecule has 0 saturated heterocycles. The number of aryl methyl sites for hydroxylation is 1. The maximum atomic E-state index is 12.0. The summed E-state index contributed by atoms with van der Waals surface area (Å²) in [6.45, 7) is 2.09. The van der Waals surface area contributed by atoms with Crippen LogP contribution < -0.4 is 15.4 Å². The number of anilines is 1. The number of nitro benzene ring substituents is 1. The van der Waals surface area contributed by atoms with Crippen molar-refractivity contribution in [3.05, 3.63) is 63.2 Å². The quantitative estimate of drug-likeness (QED) is 0.407. The zero-order valence-electron chi connectivity index (χ0n) is 15.1. The monoisotopic (exact) mass is 385 g/mol. The van der Waals surface area contributed by atoms with Crippen molar-refractivity contribution in [1.82, 2.24) is 5.32 Å². The summed E-state index contributed by atoms with van der Waals surface area (Å²) in [5.74, 6) is -1.28. The van der Waals surface area contributed by atoms with Gasteiger partial charge >= 0.3 is 11.8 Å². The second kappa shape index (κ2) is 8.05. The lowest BCUT2D eigenvalue weighted by atomic mass is 10.0. The maximum absolute atomic E-state index is 12.0. The van der Waals surface area contributed by atoms with Gasteiger partial charge in [-0.25, -0.2) is 0 Å². The van der Waals surface area contributed by atoms with Crippen LogP contribution in [0.2, 0.25) is 0 Å². The zero-order chi connectivity index (χ0) is 20.3. The van der Waals surface area contributed by atoms with Crippen molar-refractivity contribution in [3.8, 4) is 5.75 Å². The van der Waals surface area contributed by atoms with Gasteiger partial charge in [0.25, 0.3) is 5.69 Å². The smallest absolute Gasteiger partial charge is 0.313 e. The number of benzene rings is 2. The number of nitrogens with zero attached hydrogens (tertiary/aromatic N) is 1. The first-order valence-corrected chi connectivity index (χ1v) is 8.63. The van der Waals surface area contributed by atoms with Crippen molar-refractivity contribution in [2.45, 2.75) is 19.4 Å². The summed E-state index contributed by atoms with van der Waals surface area (Å²) in [7, 11) is 0. The lowest BCUT2D eigenvalue weighted by Gasteiger charge is -2.13. The van der Waals surface area contributed by atoms with Crippen molar-refractivity contribution in [2.75, 3.05) is 18.5 Å². The van der Waals surface area contributed by atoms with E-state index in [-0.39, 0.29) is 17.9 Å². The van der Waals surface area contributed by atoms with Gasteiger partial charge in [-0.3, -0.25) is 19.7 Å². The Balaban J connectivity index is 1.59. The van der Waals surface area contributed by atoms with Crippen molar-refractivity contribution >= 4 is 23.2 Å². The normalized spacial score (nSPS) is 13.2. The highest BCUT2D eigenvalue weighted by molar-refractivity contribution is 6.39. The molecule has 2 amide bonds. The van der Waals surface area contributed by atoms with Gasteiger partial charge in [0.15, 0.2) is 0 Å². The van der Waals surface area contributed by atoms with E-state index >= 15 is 0 Å². The molecular weight excluding hydrogens is 366 g/mol. The average Bonchev–Trinajstić information content (AvgIpc) is 3.14. The Kier molecular flexibility index (Phi) is 5.55. The molecule has 3 rings (SSSR count). The molecule has 1 aliphatic rings. The molecule has 1 aliphatic heterocycles. The number of fused-ring (bicyclic) bond motifs is 1. The predicted octanol–water partition coefficient (Wildman–Crippen LogP) is 1.63. The van der Waals surface area contributed by atoms with Crippen LogP contribution >= 0.6 is 0 Å². The Morgan fingerprint density at radius 2 is 2.04 bits per heavy atom. The molecule has 1 atom stereocenters. The number of aliphatic hydroxyl groups is 1. The Labute approximate surface area is 160 Å². The Hall–Kier alpha value is -3.46. The summed E-state index contributed by atoms with van der Waals surface area (Å²) in [6.07, 6.45) is -0.253. The van der Waals surface area contributed by atoms with Crippen LogP contribution in [0.3, 0.4) is 0 Å². The minimum absolute atomic E-state index is 0.0741. The van der Waals surface area contributed by atoms with E-state index in [9.17, 15) is 24.8 Å². The molecule has 0 saturated carbocycles. The molecule has 0 bridgehead atoms. The van der Waals surface area contributed by atoms with Crippen LogP contribution in [0.25, 0.3) is 0 Å². The summed E-state index contributed by atoms with van der Waals surface area (Å²) in [5.41, 5.74) is 1.85. The topological polar surface area (TPSA) is 131 Å². The number of nitrogens with one attached hydrogen (secondary N) is 2. The fourth-order valence-electron chi connectivity index (χ4n) is 2.88. The van der Waals surface area contributed by atoms with Crippen molar-refractivity contribution in [1.29, 1.82) is 0 Å². The molecule has 146 valence electrons. The number of hydrogen-bond acceptors (Lipinski definition) is 6. The number of amides is 2. The van der Waals surface area contributed by atoms with Crippen LogP contribution in [0, 0.1) is 17.0 Å². The zero-order valence-corrected chi connectivity index (χ0v) is 15.1. The highest BCUT2D eigenvalue weighted by Gasteiger charge is 2.21. The van der Waals surface area contributed by atoms with Crippen molar-refractivity contribution in [3.63, 3.8) is 0 Å². The van der Waals surface area contributed by atoms with E-state index in [1.165, 1.54) is 12.1 Å². The van der Waals surface area contributed by atoms with Gasteiger partial charge in [-0.15, -0.1) is 0 Å². The van der Waals surface area contributed by atoms with Crippen LogP contribution in [-0.4, -0.2) is 35.0 Å². The van der Waals surface area contributed by atoms with E-state index < -0.39 is 22.8 Å². The third kappa shape index (κ3) is 4.26. The van der Waals surface area contributed by atoms with Gasteiger partial charge in [0.05, 0.1) is 17.6 Å². The van der Waals surface area contributed by atoms with E-state index in [2.05, 4.69) is 10.6 Å². The number of carbonyl (C=O) groups excluding carboxylic acids is 2. The fourth-order valence-corrected chi connectivity index (χ4v) is 2.88. The number of ether oxygens (including phenoxy) is 1. The molecule has 2 aromatic rings. The minimum atomic E-state index is -1.05. The SMILES string of the molecule is Cc1ccc(NC(=O)C(=O)NCC(O)c2ccc3c(c2)CCO3)c([N+](=O)[O-])c1. The van der Waals surface area contributed by atoms with E-state index in [0.29, 0.717) is 17.7 Å². The highest BCUT2D eigenvalue weighted by Crippen LogP contribution is 2.28. The Morgan fingerprint density at radius 1 is 1.25 bits per heavy atom. The molecule has 0 aromatic heterocycles. The van der Waals surface area contributed by atoms with Crippen LogP contribution in [0.5, 0.6) is 5.75 Å². The summed E-state index contributed by atoms with van der Waals surface area (Å²) < 4.78 is 5.40. The van der Waals surface area contributed by atoms with Crippen LogP contribution in [-0.2, 0) is 16.0 Å². The van der Waals surface area contributed by atoms with Crippen LogP contribution in [0.15, 0.2) is 36.4 Å². The molecule has 3 N–H and O–H groups in total. The molecule has 1 unspecified atom stereocenters. The summed E-state index contributed by atoms with van der Waals surface area (Å²) >= 11 is 0. The fraction of sp³-hybridized carbons (Fsp3) is 0.263. The first kappa shape index (κ1) is 19.3. The Bertz CT molecular complexity index is 943. The lowest BCUT2D eigenvalue weighted by molar-refractivity contribution is -0.384. The van der Waals surface area contributed by atoms with E-state index in [1.807, 2.05) is 0 Å². The number of rotatable bonds is 5. The standard InChI is InChI=1S/C19H19N3O6/c1-11-2-4-14(15(8-11)22(26)27)21-19(25)18(24)20-10-16(23)12-3-5-17-13(9-12)6-7-28-17/h2-5,8-9,16,23H,6-7,10H2,1H3,(H,20,24)(H,21,25). The first-order chi connectivity index (χ1) is 13.3. The Morgan fingerprint density at radius 3 is 2.79 bits per heavy atom. The average molecular weight is 385 g/mol. The maximum Gasteiger partial charge on any atom is 0.313 e. The van der Waals surface area contributed by atoms with Crippen LogP contribution in [0.1, 0.15) is 22.8 Å². The highest BCUT2D eigenvalue weighted by atomic mass is 16.6. The number of hydrogen-bond donors (Lipinski definition) is 3. The van der Waals surface area contributed by atoms with Gasteiger partial charge in [0, 0.05) is 19.0 Å². The van der Waals surface area contributed by atoms with E-state index in [0.717, 1.165) is 17.7 Å². The molecule has 0 aliphatic carbocycles. The molecule has 0 fully saturated rings. The molecule has 2 aromatic carbocycles. The van der Waals surface area contributed by atoms with Gasteiger partial charge in [0.2, 0.25) is 0 Å². The second-order valence-electron chi connectivity index (χ2n) is 6.42. The van der Waals surface area contributed by atoms with Crippen molar-refractivity contribution in [2.24, 2.45) is 0 Å². The van der Waals surface area contributed by atoms with Gasteiger partial charge in [-0.05, 0) is 41.8 Å². The molecule has 0 radical (unpaired) electrons. The number of carbonyl (C=O) groups is 2. The molecule has 1 heterocycles. The predicted molar refractivity (Wildman–Crippen MR) is 100 cm³/mol. The van der Waals surface area contributed by atoms with Crippen molar-refractivity contribution < 1.29 is 24.4 Å². The lowest BCUT2D eigenvalue weighted by Crippen LogP contribution is -2.37. The summed E-state index contributed by atoms with van der Waals surface area (Å²) in [5, 5.41) is 25.9. The van der Waals surface area contributed by atoms with Gasteiger partial charge in [0.1, 0.15) is 11.4 Å². The van der Waals surface area contributed by atoms with E-state index in [4.69, 9.17) is 4.74 Å². The van der Waals surface area contributed by atoms with Gasteiger partial charge < -0.3 is 20.5 Å². The molecule has 9 heteroatoms. The molecular formula is C19H19N3O6. The molecule has 9 nitrogen and oxygen atoms in total. The summed E-state index contributed by atoms with van der Waals surface area (Å²) in [6, 6.07) is 9.49. The van der Waals surface area contributed by atoms with Gasteiger partial charge in [-0.2, -0.15) is 0 Å². The van der Waals surface area contributed by atoms with Crippen LogP contribution in [0.4, 0.5) is 11.4 Å².